The second-order valence-corrected chi connectivity index (χ2v) is 7.93. The number of nitrogens with one attached hydrogen (secondary N) is 2. The molecule has 7 nitrogen and oxygen atoms in total. The van der Waals surface area contributed by atoms with Crippen LogP contribution in [0.5, 0.6) is 5.75 Å². The Hall–Kier alpha value is -4.04. The summed E-state index contributed by atoms with van der Waals surface area (Å²) in [5.41, 5.74) is 7.59. The van der Waals surface area contributed by atoms with Crippen molar-refractivity contribution in [1.29, 1.82) is 0 Å². The van der Waals surface area contributed by atoms with Gasteiger partial charge in [-0.15, -0.1) is 0 Å². The SMILES string of the molecule is COc1cncc(-c2cnc3n[nH]c(-c4cc5c(-c6ccsc6)cncc5[nH]4)c3c2)c1. The first kappa shape index (κ1) is 17.8. The van der Waals surface area contributed by atoms with Gasteiger partial charge in [0, 0.05) is 46.1 Å². The van der Waals surface area contributed by atoms with Crippen molar-refractivity contribution >= 4 is 33.3 Å². The summed E-state index contributed by atoms with van der Waals surface area (Å²) in [7, 11) is 1.63. The van der Waals surface area contributed by atoms with Gasteiger partial charge in [0.15, 0.2) is 5.65 Å². The predicted molar refractivity (Wildman–Crippen MR) is 122 cm³/mol. The van der Waals surface area contributed by atoms with Crippen LogP contribution in [0.25, 0.3) is 55.6 Å². The standard InChI is InChI=1S/C23H16N6OS/c1-30-16-4-14(7-24-9-16)15-5-18-22(28-29-23(18)26-8-15)20-6-17-19(13-2-3-31-12-13)10-25-11-21(17)27-20/h2-12,27H,1H3,(H,26,28,29). The summed E-state index contributed by atoms with van der Waals surface area (Å²) in [4.78, 5) is 16.7. The van der Waals surface area contributed by atoms with E-state index < -0.39 is 0 Å². The number of rotatable bonds is 4. The fourth-order valence-corrected chi connectivity index (χ4v) is 4.44. The van der Waals surface area contributed by atoms with E-state index in [9.17, 15) is 0 Å². The first-order valence-electron chi connectivity index (χ1n) is 9.63. The third kappa shape index (κ3) is 2.96. The maximum Gasteiger partial charge on any atom is 0.181 e. The van der Waals surface area contributed by atoms with Crippen LogP contribution in [0.3, 0.4) is 0 Å². The number of aromatic nitrogens is 6. The van der Waals surface area contributed by atoms with Crippen LogP contribution in [-0.4, -0.2) is 37.2 Å². The number of aromatic amines is 2. The lowest BCUT2D eigenvalue weighted by Gasteiger charge is -2.04. The van der Waals surface area contributed by atoms with E-state index in [-0.39, 0.29) is 0 Å². The number of H-pyrrole nitrogens is 2. The van der Waals surface area contributed by atoms with Crippen LogP contribution in [0, 0.1) is 0 Å². The largest absolute Gasteiger partial charge is 0.495 e. The molecule has 0 aliphatic heterocycles. The Morgan fingerprint density at radius 1 is 0.903 bits per heavy atom. The number of hydrogen-bond donors (Lipinski definition) is 2. The zero-order valence-corrected chi connectivity index (χ0v) is 17.3. The molecule has 6 aromatic rings. The molecule has 0 saturated heterocycles. The van der Waals surface area contributed by atoms with Crippen molar-refractivity contribution in [2.75, 3.05) is 7.11 Å². The Labute approximate surface area is 180 Å². The van der Waals surface area contributed by atoms with Gasteiger partial charge < -0.3 is 9.72 Å². The highest BCUT2D eigenvalue weighted by Gasteiger charge is 2.15. The summed E-state index contributed by atoms with van der Waals surface area (Å²) in [6, 6.07) is 8.26. The highest BCUT2D eigenvalue weighted by molar-refractivity contribution is 7.08. The molecule has 6 heterocycles. The topological polar surface area (TPSA) is 92.4 Å². The van der Waals surface area contributed by atoms with Crippen molar-refractivity contribution in [2.45, 2.75) is 0 Å². The van der Waals surface area contributed by atoms with Gasteiger partial charge in [-0.2, -0.15) is 16.4 Å². The van der Waals surface area contributed by atoms with Gasteiger partial charge in [0.2, 0.25) is 0 Å². The molecule has 150 valence electrons. The second-order valence-electron chi connectivity index (χ2n) is 7.15. The fraction of sp³-hybridized carbons (Fsp3) is 0.0435. The average molecular weight is 424 g/mol. The van der Waals surface area contributed by atoms with Gasteiger partial charge in [0.25, 0.3) is 0 Å². The molecule has 0 saturated carbocycles. The van der Waals surface area contributed by atoms with Crippen molar-refractivity contribution in [3.63, 3.8) is 0 Å². The number of fused-ring (bicyclic) bond motifs is 2. The molecule has 8 heteroatoms. The molecule has 0 bridgehead atoms. The number of hydrogen-bond acceptors (Lipinski definition) is 6. The van der Waals surface area contributed by atoms with Crippen molar-refractivity contribution in [3.05, 3.63) is 66.0 Å². The molecule has 0 aromatic carbocycles. The highest BCUT2D eigenvalue weighted by Crippen LogP contribution is 2.35. The summed E-state index contributed by atoms with van der Waals surface area (Å²) >= 11 is 1.68. The van der Waals surface area contributed by atoms with Crippen LogP contribution in [0.2, 0.25) is 0 Å². The molecule has 31 heavy (non-hydrogen) atoms. The van der Waals surface area contributed by atoms with E-state index in [0.717, 1.165) is 49.9 Å². The summed E-state index contributed by atoms with van der Waals surface area (Å²) in [6.45, 7) is 0. The van der Waals surface area contributed by atoms with E-state index >= 15 is 0 Å². The molecule has 0 unspecified atom stereocenters. The summed E-state index contributed by atoms with van der Waals surface area (Å²) < 4.78 is 5.31. The predicted octanol–water partition coefficient (Wildman–Crippen LogP) is 5.30. The smallest absolute Gasteiger partial charge is 0.181 e. The molecular weight excluding hydrogens is 408 g/mol. The number of nitrogens with zero attached hydrogens (tertiary/aromatic N) is 4. The highest BCUT2D eigenvalue weighted by atomic mass is 32.1. The lowest BCUT2D eigenvalue weighted by atomic mass is 10.1. The van der Waals surface area contributed by atoms with E-state index in [2.05, 4.69) is 59.1 Å². The van der Waals surface area contributed by atoms with Crippen LogP contribution in [0.4, 0.5) is 0 Å². The van der Waals surface area contributed by atoms with Gasteiger partial charge in [-0.05, 0) is 40.6 Å². The molecule has 0 spiro atoms. The van der Waals surface area contributed by atoms with Crippen LogP contribution < -0.4 is 4.74 Å². The van der Waals surface area contributed by atoms with Crippen molar-refractivity contribution < 1.29 is 4.74 Å². The van der Waals surface area contributed by atoms with E-state index in [4.69, 9.17) is 4.74 Å². The Bertz CT molecular complexity index is 1530. The Morgan fingerprint density at radius 3 is 2.68 bits per heavy atom. The Kier molecular flexibility index (Phi) is 4.03. The molecule has 0 aliphatic rings. The molecule has 6 rings (SSSR count). The van der Waals surface area contributed by atoms with E-state index in [1.165, 1.54) is 0 Å². The molecular formula is C23H16N6OS. The lowest BCUT2D eigenvalue weighted by molar-refractivity contribution is 0.413. The first-order valence-corrected chi connectivity index (χ1v) is 10.6. The van der Waals surface area contributed by atoms with Gasteiger partial charge in [0.05, 0.1) is 36.4 Å². The second kappa shape index (κ2) is 7.03. The number of pyridine rings is 3. The van der Waals surface area contributed by atoms with Crippen molar-refractivity contribution in [3.8, 4) is 39.4 Å². The molecule has 0 radical (unpaired) electrons. The molecule has 0 atom stereocenters. The minimum Gasteiger partial charge on any atom is -0.495 e. The van der Waals surface area contributed by atoms with Gasteiger partial charge in [-0.1, -0.05) is 0 Å². The van der Waals surface area contributed by atoms with Crippen molar-refractivity contribution in [1.82, 2.24) is 30.1 Å². The molecule has 0 amide bonds. The van der Waals surface area contributed by atoms with Crippen LogP contribution >= 0.6 is 11.3 Å². The quantitative estimate of drug-likeness (QED) is 0.401. The molecule has 2 N–H and O–H groups in total. The Morgan fingerprint density at radius 2 is 1.81 bits per heavy atom. The van der Waals surface area contributed by atoms with Gasteiger partial charge >= 0.3 is 0 Å². The monoisotopic (exact) mass is 424 g/mol. The van der Waals surface area contributed by atoms with Crippen LogP contribution in [0.1, 0.15) is 0 Å². The van der Waals surface area contributed by atoms with Gasteiger partial charge in [-0.25, -0.2) is 4.98 Å². The number of methoxy groups -OCH3 is 1. The average Bonchev–Trinajstić information content (AvgIpc) is 3.57. The van der Waals surface area contributed by atoms with Gasteiger partial charge in [-0.3, -0.25) is 15.1 Å². The van der Waals surface area contributed by atoms with Gasteiger partial charge in [0.1, 0.15) is 5.75 Å². The first-order chi connectivity index (χ1) is 15.3. The summed E-state index contributed by atoms with van der Waals surface area (Å²) in [6.07, 6.45) is 9.03. The maximum atomic E-state index is 5.31. The number of thiophene rings is 1. The minimum atomic E-state index is 0.657. The zero-order chi connectivity index (χ0) is 20.8. The summed E-state index contributed by atoms with van der Waals surface area (Å²) in [5.74, 6) is 0.703. The van der Waals surface area contributed by atoms with Crippen LogP contribution in [-0.2, 0) is 0 Å². The van der Waals surface area contributed by atoms with E-state index in [1.807, 2.05) is 18.5 Å². The lowest BCUT2D eigenvalue weighted by Crippen LogP contribution is -1.87. The molecule has 6 aromatic heterocycles. The zero-order valence-electron chi connectivity index (χ0n) is 16.5. The van der Waals surface area contributed by atoms with E-state index in [0.29, 0.717) is 11.4 Å². The summed E-state index contributed by atoms with van der Waals surface area (Å²) in [5, 5.41) is 13.8. The maximum absolute atomic E-state index is 5.31. The molecule has 0 fully saturated rings. The third-order valence-corrected chi connectivity index (χ3v) is 6.02. The third-order valence-electron chi connectivity index (χ3n) is 5.34. The molecule has 0 aliphatic carbocycles. The normalized spacial score (nSPS) is 11.4. The van der Waals surface area contributed by atoms with Crippen LogP contribution in [0.15, 0.2) is 66.0 Å². The van der Waals surface area contributed by atoms with E-state index in [1.54, 1.807) is 37.0 Å². The minimum absolute atomic E-state index is 0.657. The fourth-order valence-electron chi connectivity index (χ4n) is 3.78. The Balaban J connectivity index is 1.50. The number of ether oxygens (including phenoxy) is 1. The van der Waals surface area contributed by atoms with Crippen molar-refractivity contribution in [2.24, 2.45) is 0 Å².